The molecule has 1 heterocycles. The van der Waals surface area contributed by atoms with Crippen LogP contribution in [0.15, 0.2) is 54.6 Å². The lowest BCUT2D eigenvalue weighted by Crippen LogP contribution is -2.45. The van der Waals surface area contributed by atoms with Crippen molar-refractivity contribution in [3.63, 3.8) is 0 Å². The van der Waals surface area contributed by atoms with Crippen LogP contribution in [0.2, 0.25) is 0 Å². The zero-order valence-electron chi connectivity index (χ0n) is 20.5. The predicted molar refractivity (Wildman–Crippen MR) is 139 cm³/mol. The molecule has 0 saturated carbocycles. The summed E-state index contributed by atoms with van der Waals surface area (Å²) in [4.78, 5) is 2.43. The Kier molecular flexibility index (Phi) is 11.7. The van der Waals surface area contributed by atoms with E-state index in [1.807, 2.05) is 18.2 Å². The summed E-state index contributed by atoms with van der Waals surface area (Å²) in [6, 6.07) is 18.7. The lowest BCUT2D eigenvalue weighted by Gasteiger charge is -2.41. The largest absolute Gasteiger partial charge is 0.494 e. The van der Waals surface area contributed by atoms with E-state index < -0.39 is 5.60 Å². The van der Waals surface area contributed by atoms with Gasteiger partial charge in [-0.3, -0.25) is 4.90 Å². The molecular weight excluding hydrogens is 434 g/mol. The molecular formula is C28H42ClNO3. The highest BCUT2D eigenvalue weighted by atomic mass is 35.5. The highest BCUT2D eigenvalue weighted by Gasteiger charge is 2.40. The summed E-state index contributed by atoms with van der Waals surface area (Å²) < 4.78 is 11.4. The summed E-state index contributed by atoms with van der Waals surface area (Å²) in [5.74, 6) is 1.38. The molecule has 0 spiro atoms. The van der Waals surface area contributed by atoms with Gasteiger partial charge in [0.1, 0.15) is 5.75 Å². The third-order valence-corrected chi connectivity index (χ3v) is 6.55. The summed E-state index contributed by atoms with van der Waals surface area (Å²) in [6.07, 6.45) is 3.87. The number of hydrogen-bond acceptors (Lipinski definition) is 4. The first-order valence-corrected chi connectivity index (χ1v) is 12.3. The van der Waals surface area contributed by atoms with Gasteiger partial charge in [-0.15, -0.1) is 12.4 Å². The number of benzene rings is 2. The van der Waals surface area contributed by atoms with Crippen molar-refractivity contribution in [1.82, 2.24) is 4.90 Å². The van der Waals surface area contributed by atoms with Gasteiger partial charge in [-0.25, -0.2) is 0 Å². The number of morpholine rings is 1. The van der Waals surface area contributed by atoms with Crippen LogP contribution in [0.25, 0.3) is 0 Å². The van der Waals surface area contributed by atoms with E-state index in [4.69, 9.17) is 9.47 Å². The normalized spacial score (nSPS) is 17.2. The molecule has 2 atom stereocenters. The minimum atomic E-state index is -0.953. The van der Waals surface area contributed by atoms with Gasteiger partial charge in [0.15, 0.2) is 0 Å². The Labute approximate surface area is 206 Å². The second-order valence-electron chi connectivity index (χ2n) is 9.46. The number of nitrogens with zero attached hydrogens (tertiary/aromatic N) is 1. The maximum atomic E-state index is 12.4. The van der Waals surface area contributed by atoms with E-state index in [1.165, 1.54) is 5.56 Å². The molecule has 1 aliphatic heterocycles. The SMILES string of the molecule is CCCCOc1ccc(C(O)(CCC(C)C)C(CN2CCOCC2)c2ccccc2)cc1.Cl. The Morgan fingerprint density at radius 3 is 2.30 bits per heavy atom. The highest BCUT2D eigenvalue weighted by Crippen LogP contribution is 2.42. The molecule has 0 bridgehead atoms. The van der Waals surface area contributed by atoms with Gasteiger partial charge >= 0.3 is 0 Å². The van der Waals surface area contributed by atoms with Crippen molar-refractivity contribution in [3.8, 4) is 5.75 Å². The van der Waals surface area contributed by atoms with Crippen LogP contribution in [-0.2, 0) is 10.3 Å². The van der Waals surface area contributed by atoms with Gasteiger partial charge in [0, 0.05) is 25.6 Å². The van der Waals surface area contributed by atoms with Crippen LogP contribution in [-0.4, -0.2) is 49.5 Å². The summed E-state index contributed by atoms with van der Waals surface area (Å²) in [5.41, 5.74) is 1.21. The monoisotopic (exact) mass is 475 g/mol. The fourth-order valence-electron chi connectivity index (χ4n) is 4.46. The van der Waals surface area contributed by atoms with Gasteiger partial charge in [0.05, 0.1) is 25.4 Å². The third-order valence-electron chi connectivity index (χ3n) is 6.55. The van der Waals surface area contributed by atoms with Crippen LogP contribution >= 0.6 is 12.4 Å². The highest BCUT2D eigenvalue weighted by molar-refractivity contribution is 5.85. The number of aliphatic hydroxyl groups is 1. The van der Waals surface area contributed by atoms with Crippen molar-refractivity contribution in [2.45, 2.75) is 58.0 Å². The predicted octanol–water partition coefficient (Wildman–Crippen LogP) is 6.03. The minimum Gasteiger partial charge on any atom is -0.494 e. The number of unbranched alkanes of at least 4 members (excludes halogenated alkanes) is 1. The van der Waals surface area contributed by atoms with Crippen LogP contribution in [0, 0.1) is 5.92 Å². The zero-order valence-corrected chi connectivity index (χ0v) is 21.4. The Balaban J connectivity index is 0.00000385. The molecule has 1 saturated heterocycles. The molecule has 2 unspecified atom stereocenters. The van der Waals surface area contributed by atoms with E-state index in [2.05, 4.69) is 62.1 Å². The second-order valence-corrected chi connectivity index (χ2v) is 9.46. The second kappa shape index (κ2) is 14.0. The number of ether oxygens (including phenoxy) is 2. The topological polar surface area (TPSA) is 41.9 Å². The zero-order chi connectivity index (χ0) is 22.8. The van der Waals surface area contributed by atoms with Crippen LogP contribution in [0.1, 0.15) is 63.5 Å². The Hall–Kier alpha value is -1.59. The molecule has 4 nitrogen and oxygen atoms in total. The third kappa shape index (κ3) is 7.99. The van der Waals surface area contributed by atoms with Crippen molar-refractivity contribution in [3.05, 3.63) is 65.7 Å². The van der Waals surface area contributed by atoms with Gasteiger partial charge in [0.2, 0.25) is 0 Å². The lowest BCUT2D eigenvalue weighted by atomic mass is 9.73. The quantitative estimate of drug-likeness (QED) is 0.381. The average Bonchev–Trinajstić information content (AvgIpc) is 2.83. The van der Waals surface area contributed by atoms with Gasteiger partial charge in [-0.05, 0) is 48.4 Å². The van der Waals surface area contributed by atoms with E-state index in [0.29, 0.717) is 5.92 Å². The molecule has 1 aliphatic rings. The Morgan fingerprint density at radius 1 is 1.03 bits per heavy atom. The molecule has 2 aromatic rings. The maximum absolute atomic E-state index is 12.4. The molecule has 0 aromatic heterocycles. The molecule has 3 rings (SSSR count). The molecule has 33 heavy (non-hydrogen) atoms. The Bertz CT molecular complexity index is 777. The fraction of sp³-hybridized carbons (Fsp3) is 0.571. The van der Waals surface area contributed by atoms with Crippen molar-refractivity contribution < 1.29 is 14.6 Å². The van der Waals surface area contributed by atoms with Crippen LogP contribution < -0.4 is 4.74 Å². The first-order valence-electron chi connectivity index (χ1n) is 12.3. The summed E-state index contributed by atoms with van der Waals surface area (Å²) in [6.45, 7) is 11.5. The summed E-state index contributed by atoms with van der Waals surface area (Å²) in [7, 11) is 0. The molecule has 1 N–H and O–H groups in total. The number of halogens is 1. The van der Waals surface area contributed by atoms with Crippen molar-refractivity contribution in [2.75, 3.05) is 39.5 Å². The standard InChI is InChI=1S/C28H41NO3.ClH/c1-4-5-19-32-26-13-11-25(12-14-26)28(30,16-15-23(2)3)27(24-9-7-6-8-10-24)22-29-17-20-31-21-18-29;/h6-14,23,27,30H,4-5,15-22H2,1-3H3;1H. The Morgan fingerprint density at radius 2 is 1.70 bits per heavy atom. The molecule has 5 heteroatoms. The van der Waals surface area contributed by atoms with Crippen LogP contribution in [0.3, 0.4) is 0 Å². The molecule has 0 radical (unpaired) electrons. The van der Waals surface area contributed by atoms with Crippen molar-refractivity contribution in [1.29, 1.82) is 0 Å². The minimum absolute atomic E-state index is 0. The smallest absolute Gasteiger partial charge is 0.119 e. The summed E-state index contributed by atoms with van der Waals surface area (Å²) in [5, 5.41) is 12.4. The van der Waals surface area contributed by atoms with E-state index in [0.717, 1.165) is 76.5 Å². The van der Waals surface area contributed by atoms with Crippen molar-refractivity contribution >= 4 is 12.4 Å². The first kappa shape index (κ1) is 27.7. The van der Waals surface area contributed by atoms with E-state index >= 15 is 0 Å². The van der Waals surface area contributed by atoms with E-state index in [9.17, 15) is 5.11 Å². The van der Waals surface area contributed by atoms with Crippen LogP contribution in [0.5, 0.6) is 5.75 Å². The number of hydrogen-bond donors (Lipinski definition) is 1. The molecule has 0 amide bonds. The molecule has 1 fully saturated rings. The first-order chi connectivity index (χ1) is 15.5. The summed E-state index contributed by atoms with van der Waals surface area (Å²) >= 11 is 0. The molecule has 2 aromatic carbocycles. The molecule has 0 aliphatic carbocycles. The van der Waals surface area contributed by atoms with E-state index in [-0.39, 0.29) is 18.3 Å². The average molecular weight is 476 g/mol. The fourth-order valence-corrected chi connectivity index (χ4v) is 4.46. The van der Waals surface area contributed by atoms with Gasteiger partial charge in [0.25, 0.3) is 0 Å². The van der Waals surface area contributed by atoms with Gasteiger partial charge in [-0.2, -0.15) is 0 Å². The number of rotatable bonds is 12. The van der Waals surface area contributed by atoms with E-state index in [1.54, 1.807) is 0 Å². The van der Waals surface area contributed by atoms with Crippen LogP contribution in [0.4, 0.5) is 0 Å². The van der Waals surface area contributed by atoms with Gasteiger partial charge < -0.3 is 14.6 Å². The molecule has 184 valence electrons. The van der Waals surface area contributed by atoms with Crippen molar-refractivity contribution in [2.24, 2.45) is 5.92 Å². The van der Waals surface area contributed by atoms with Gasteiger partial charge in [-0.1, -0.05) is 69.7 Å². The maximum Gasteiger partial charge on any atom is 0.119 e. The lowest BCUT2D eigenvalue weighted by molar-refractivity contribution is -0.0311.